The summed E-state index contributed by atoms with van der Waals surface area (Å²) in [5.74, 6) is 0.553. The molecule has 2 fully saturated rings. The Morgan fingerprint density at radius 2 is 2.24 bits per heavy atom. The number of hydrogen-bond donors (Lipinski definition) is 0. The highest BCUT2D eigenvalue weighted by molar-refractivity contribution is 5.08. The van der Waals surface area contributed by atoms with Gasteiger partial charge in [-0.2, -0.15) is 5.10 Å². The molecule has 0 spiro atoms. The average Bonchev–Trinajstić information content (AvgIpc) is 3.14. The van der Waals surface area contributed by atoms with Crippen LogP contribution in [0.4, 0.5) is 0 Å². The highest BCUT2D eigenvalue weighted by Gasteiger charge is 2.36. The van der Waals surface area contributed by atoms with Crippen LogP contribution in [0.15, 0.2) is 24.7 Å². The summed E-state index contributed by atoms with van der Waals surface area (Å²) in [7, 11) is 1.98. The lowest BCUT2D eigenvalue weighted by atomic mass is 9.96. The van der Waals surface area contributed by atoms with Gasteiger partial charge in [0, 0.05) is 51.6 Å². The van der Waals surface area contributed by atoms with Crippen molar-refractivity contribution in [3.8, 4) is 0 Å². The number of nitrogens with zero attached hydrogens (tertiary/aromatic N) is 6. The van der Waals surface area contributed by atoms with E-state index in [-0.39, 0.29) is 6.10 Å². The Kier molecular flexibility index (Phi) is 3.23. The lowest BCUT2D eigenvalue weighted by Crippen LogP contribution is -2.49. The second-order valence-corrected chi connectivity index (χ2v) is 5.98. The summed E-state index contributed by atoms with van der Waals surface area (Å²) >= 11 is 0. The predicted octanol–water partition coefficient (Wildman–Crippen LogP) is 0.646. The normalized spacial score (nSPS) is 27.1. The topological polar surface area (TPSA) is 61.0 Å². The van der Waals surface area contributed by atoms with E-state index < -0.39 is 0 Å². The zero-order valence-electron chi connectivity index (χ0n) is 12.2. The maximum absolute atomic E-state index is 5.94. The summed E-state index contributed by atoms with van der Waals surface area (Å²) < 4.78 is 9.83. The van der Waals surface area contributed by atoms with Crippen molar-refractivity contribution in [2.45, 2.75) is 18.6 Å². The first-order valence-corrected chi connectivity index (χ1v) is 7.49. The SMILES string of the molecule is Cn1nccc1[C@@H]1OCC[C@H]1CN1CC(n2ccnn2)C1. The van der Waals surface area contributed by atoms with Crippen molar-refractivity contribution in [2.75, 3.05) is 26.2 Å². The quantitative estimate of drug-likeness (QED) is 0.826. The Balaban J connectivity index is 1.36. The maximum Gasteiger partial charge on any atom is 0.103 e. The second-order valence-electron chi connectivity index (χ2n) is 5.98. The van der Waals surface area contributed by atoms with Gasteiger partial charge < -0.3 is 4.74 Å². The van der Waals surface area contributed by atoms with E-state index in [1.807, 2.05) is 28.8 Å². The molecular formula is C14H20N6O. The number of ether oxygens (including phenoxy) is 1. The van der Waals surface area contributed by atoms with Gasteiger partial charge in [-0.3, -0.25) is 9.58 Å². The molecule has 7 nitrogen and oxygen atoms in total. The number of rotatable bonds is 4. The molecule has 2 saturated heterocycles. The van der Waals surface area contributed by atoms with Crippen LogP contribution in [0.3, 0.4) is 0 Å². The minimum atomic E-state index is 0.183. The summed E-state index contributed by atoms with van der Waals surface area (Å²) in [5, 5.41) is 12.2. The van der Waals surface area contributed by atoms with Crippen molar-refractivity contribution in [1.29, 1.82) is 0 Å². The van der Waals surface area contributed by atoms with Crippen LogP contribution in [-0.2, 0) is 11.8 Å². The van der Waals surface area contributed by atoms with E-state index in [9.17, 15) is 0 Å². The molecule has 2 aromatic rings. The molecule has 4 rings (SSSR count). The summed E-state index contributed by atoms with van der Waals surface area (Å²) in [5.41, 5.74) is 1.19. The molecule has 2 atom stereocenters. The Labute approximate surface area is 123 Å². The van der Waals surface area contributed by atoms with Crippen LogP contribution in [-0.4, -0.2) is 55.9 Å². The molecular weight excluding hydrogens is 268 g/mol. The van der Waals surface area contributed by atoms with Gasteiger partial charge in [0.05, 0.1) is 17.9 Å². The second kappa shape index (κ2) is 5.23. The Morgan fingerprint density at radius 1 is 1.33 bits per heavy atom. The predicted molar refractivity (Wildman–Crippen MR) is 75.5 cm³/mol. The van der Waals surface area contributed by atoms with Gasteiger partial charge in [-0.1, -0.05) is 5.21 Å². The van der Waals surface area contributed by atoms with E-state index in [2.05, 4.69) is 26.4 Å². The minimum Gasteiger partial charge on any atom is -0.372 e. The summed E-state index contributed by atoms with van der Waals surface area (Å²) in [6, 6.07) is 2.54. The van der Waals surface area contributed by atoms with E-state index in [1.54, 1.807) is 6.20 Å². The monoisotopic (exact) mass is 288 g/mol. The van der Waals surface area contributed by atoms with Crippen molar-refractivity contribution >= 4 is 0 Å². The van der Waals surface area contributed by atoms with Crippen LogP contribution >= 0.6 is 0 Å². The first-order valence-electron chi connectivity index (χ1n) is 7.49. The summed E-state index contributed by atoms with van der Waals surface area (Å²) in [6.45, 7) is 4.04. The van der Waals surface area contributed by atoms with Crippen LogP contribution in [0, 0.1) is 5.92 Å². The van der Waals surface area contributed by atoms with Crippen LogP contribution in [0.25, 0.3) is 0 Å². The van der Waals surface area contributed by atoms with Gasteiger partial charge in [0.15, 0.2) is 0 Å². The molecule has 0 amide bonds. The molecule has 2 aliphatic heterocycles. The minimum absolute atomic E-state index is 0.183. The molecule has 0 aliphatic carbocycles. The van der Waals surface area contributed by atoms with E-state index in [1.165, 1.54) is 5.69 Å². The molecule has 4 heterocycles. The highest BCUT2D eigenvalue weighted by Crippen LogP contribution is 2.36. The zero-order chi connectivity index (χ0) is 14.2. The molecule has 0 unspecified atom stereocenters. The Bertz CT molecular complexity index is 588. The number of likely N-dealkylation sites (tertiary alicyclic amines) is 1. The highest BCUT2D eigenvalue weighted by atomic mass is 16.5. The average molecular weight is 288 g/mol. The van der Waals surface area contributed by atoms with Crippen LogP contribution in [0.2, 0.25) is 0 Å². The molecule has 112 valence electrons. The van der Waals surface area contributed by atoms with E-state index in [4.69, 9.17) is 4.74 Å². The molecule has 0 saturated carbocycles. The smallest absolute Gasteiger partial charge is 0.103 e. The van der Waals surface area contributed by atoms with Gasteiger partial charge in [-0.05, 0) is 12.5 Å². The number of hydrogen-bond acceptors (Lipinski definition) is 5. The third-order valence-electron chi connectivity index (χ3n) is 4.61. The van der Waals surface area contributed by atoms with E-state index in [0.717, 1.165) is 32.7 Å². The van der Waals surface area contributed by atoms with Crippen molar-refractivity contribution < 1.29 is 4.74 Å². The fourth-order valence-electron chi connectivity index (χ4n) is 3.41. The lowest BCUT2D eigenvalue weighted by molar-refractivity contribution is 0.0403. The van der Waals surface area contributed by atoms with Crippen molar-refractivity contribution in [3.05, 3.63) is 30.4 Å². The van der Waals surface area contributed by atoms with Crippen LogP contribution in [0.1, 0.15) is 24.3 Å². The van der Waals surface area contributed by atoms with Crippen LogP contribution in [0.5, 0.6) is 0 Å². The van der Waals surface area contributed by atoms with Gasteiger partial charge in [0.2, 0.25) is 0 Å². The van der Waals surface area contributed by atoms with Gasteiger partial charge >= 0.3 is 0 Å². The summed E-state index contributed by atoms with van der Waals surface area (Å²) in [4.78, 5) is 2.48. The summed E-state index contributed by atoms with van der Waals surface area (Å²) in [6.07, 6.45) is 6.84. The number of aryl methyl sites for hydroxylation is 1. The molecule has 21 heavy (non-hydrogen) atoms. The molecule has 0 bridgehead atoms. The molecule has 0 radical (unpaired) electrons. The molecule has 0 N–H and O–H groups in total. The zero-order valence-corrected chi connectivity index (χ0v) is 12.2. The third kappa shape index (κ3) is 2.36. The van der Waals surface area contributed by atoms with Gasteiger partial charge in [-0.25, -0.2) is 4.68 Å². The largest absolute Gasteiger partial charge is 0.372 e. The van der Waals surface area contributed by atoms with Crippen LogP contribution < -0.4 is 0 Å². The van der Waals surface area contributed by atoms with Crippen molar-refractivity contribution in [2.24, 2.45) is 13.0 Å². The third-order valence-corrected chi connectivity index (χ3v) is 4.61. The van der Waals surface area contributed by atoms with Gasteiger partial charge in [-0.15, -0.1) is 5.10 Å². The molecule has 0 aromatic carbocycles. The number of aromatic nitrogens is 5. The Morgan fingerprint density at radius 3 is 2.95 bits per heavy atom. The fourth-order valence-corrected chi connectivity index (χ4v) is 3.41. The maximum atomic E-state index is 5.94. The first kappa shape index (κ1) is 13.0. The molecule has 2 aliphatic rings. The lowest BCUT2D eigenvalue weighted by Gasteiger charge is -2.40. The van der Waals surface area contributed by atoms with E-state index in [0.29, 0.717) is 12.0 Å². The molecule has 7 heteroatoms. The van der Waals surface area contributed by atoms with Crippen molar-refractivity contribution in [1.82, 2.24) is 29.7 Å². The standard InChI is InChI=1S/C14H20N6O/c1-18-13(2-4-16-18)14-11(3-7-21-14)8-19-9-12(10-19)20-6-5-15-17-20/h2,4-6,11-12,14H,3,7-10H2,1H3/t11-,14+/m0/s1. The van der Waals surface area contributed by atoms with E-state index >= 15 is 0 Å². The van der Waals surface area contributed by atoms with Gasteiger partial charge in [0.1, 0.15) is 6.10 Å². The fraction of sp³-hybridized carbons (Fsp3) is 0.643. The first-order chi connectivity index (χ1) is 10.3. The molecule has 2 aromatic heterocycles. The van der Waals surface area contributed by atoms with Gasteiger partial charge in [0.25, 0.3) is 0 Å². The Hall–Kier alpha value is -1.73. The van der Waals surface area contributed by atoms with Crippen molar-refractivity contribution in [3.63, 3.8) is 0 Å².